The van der Waals surface area contributed by atoms with E-state index in [2.05, 4.69) is 38.0 Å². The van der Waals surface area contributed by atoms with Crippen molar-refractivity contribution >= 4 is 11.8 Å². The van der Waals surface area contributed by atoms with E-state index in [-0.39, 0.29) is 0 Å². The zero-order valence-electron chi connectivity index (χ0n) is 9.88. The molecule has 14 heavy (non-hydrogen) atoms. The molecule has 1 N–H and O–H groups in total. The van der Waals surface area contributed by atoms with Crippen molar-refractivity contribution < 1.29 is 0 Å². The summed E-state index contributed by atoms with van der Waals surface area (Å²) in [4.78, 5) is 0. The molecule has 1 saturated carbocycles. The summed E-state index contributed by atoms with van der Waals surface area (Å²) < 4.78 is 0. The van der Waals surface area contributed by atoms with E-state index in [1.165, 1.54) is 37.2 Å². The second kappa shape index (κ2) is 6.73. The highest BCUT2D eigenvalue weighted by atomic mass is 32.2. The van der Waals surface area contributed by atoms with Crippen LogP contribution in [0.1, 0.15) is 39.5 Å². The molecule has 1 rings (SSSR count). The van der Waals surface area contributed by atoms with Gasteiger partial charge in [-0.05, 0) is 56.1 Å². The Kier molecular flexibility index (Phi) is 5.95. The summed E-state index contributed by atoms with van der Waals surface area (Å²) in [7, 11) is 2.11. The molecular weight excluding hydrogens is 190 g/mol. The van der Waals surface area contributed by atoms with Crippen molar-refractivity contribution in [1.29, 1.82) is 0 Å². The van der Waals surface area contributed by atoms with Gasteiger partial charge in [-0.3, -0.25) is 0 Å². The van der Waals surface area contributed by atoms with Crippen LogP contribution in [0.3, 0.4) is 0 Å². The first kappa shape index (κ1) is 12.4. The summed E-state index contributed by atoms with van der Waals surface area (Å²) in [5.41, 5.74) is 0. The second-order valence-electron chi connectivity index (χ2n) is 4.43. The molecule has 0 heterocycles. The van der Waals surface area contributed by atoms with E-state index in [0.29, 0.717) is 0 Å². The Morgan fingerprint density at radius 3 is 2.71 bits per heavy atom. The third-order valence-electron chi connectivity index (χ3n) is 3.67. The summed E-state index contributed by atoms with van der Waals surface area (Å²) in [6, 6.07) is 0.791. The Hall–Kier alpha value is 0.310. The lowest BCUT2D eigenvalue weighted by Crippen LogP contribution is -2.29. The number of rotatable bonds is 6. The van der Waals surface area contributed by atoms with E-state index in [1.807, 2.05) is 0 Å². The first-order valence-corrected chi connectivity index (χ1v) is 7.20. The van der Waals surface area contributed by atoms with Crippen molar-refractivity contribution in [2.24, 2.45) is 11.8 Å². The molecule has 84 valence electrons. The van der Waals surface area contributed by atoms with Gasteiger partial charge in [0.05, 0.1) is 0 Å². The summed E-state index contributed by atoms with van der Waals surface area (Å²) in [5.74, 6) is 4.53. The summed E-state index contributed by atoms with van der Waals surface area (Å²) >= 11 is 2.08. The van der Waals surface area contributed by atoms with Crippen LogP contribution in [0.2, 0.25) is 0 Å². The van der Waals surface area contributed by atoms with Crippen LogP contribution in [0, 0.1) is 11.8 Å². The highest BCUT2D eigenvalue weighted by Gasteiger charge is 2.30. The van der Waals surface area contributed by atoms with Crippen molar-refractivity contribution in [2.75, 3.05) is 18.6 Å². The lowest BCUT2D eigenvalue weighted by atomic mass is 9.92. The Labute approximate surface area is 93.4 Å². The molecule has 0 saturated heterocycles. The van der Waals surface area contributed by atoms with Gasteiger partial charge in [0, 0.05) is 6.04 Å². The monoisotopic (exact) mass is 215 g/mol. The molecule has 0 bridgehead atoms. The second-order valence-corrected chi connectivity index (χ2v) is 5.82. The molecule has 1 aliphatic carbocycles. The minimum atomic E-state index is 0.791. The first-order chi connectivity index (χ1) is 6.79. The minimum Gasteiger partial charge on any atom is -0.317 e. The molecule has 0 amide bonds. The number of thioether (sulfide) groups is 1. The van der Waals surface area contributed by atoms with E-state index < -0.39 is 0 Å². The molecular formula is C12H25NS. The maximum atomic E-state index is 3.44. The highest BCUT2D eigenvalue weighted by molar-refractivity contribution is 7.99. The molecule has 0 radical (unpaired) electrons. The molecule has 0 spiro atoms. The lowest BCUT2D eigenvalue weighted by molar-refractivity contribution is 0.346. The van der Waals surface area contributed by atoms with Gasteiger partial charge >= 0.3 is 0 Å². The smallest absolute Gasteiger partial charge is 0.00924 e. The normalized spacial score (nSPS) is 32.4. The Balaban J connectivity index is 2.13. The van der Waals surface area contributed by atoms with Gasteiger partial charge < -0.3 is 5.32 Å². The zero-order chi connectivity index (χ0) is 10.4. The van der Waals surface area contributed by atoms with Gasteiger partial charge in [0.2, 0.25) is 0 Å². The average molecular weight is 215 g/mol. The van der Waals surface area contributed by atoms with Gasteiger partial charge in [-0.2, -0.15) is 11.8 Å². The van der Waals surface area contributed by atoms with Crippen molar-refractivity contribution in [1.82, 2.24) is 5.32 Å². The van der Waals surface area contributed by atoms with Crippen LogP contribution in [-0.4, -0.2) is 24.6 Å². The number of nitrogens with one attached hydrogen (secondary N) is 1. The van der Waals surface area contributed by atoms with Crippen LogP contribution in [0.4, 0.5) is 0 Å². The average Bonchev–Trinajstić information content (AvgIpc) is 2.55. The standard InChI is InChI=1S/C12H25NS/c1-4-14-9-5-6-11-7-8-12(13-3)10(11)2/h10-13H,4-9H2,1-3H3. The molecule has 3 atom stereocenters. The van der Waals surface area contributed by atoms with Gasteiger partial charge in [-0.15, -0.1) is 0 Å². The van der Waals surface area contributed by atoms with Gasteiger partial charge in [-0.1, -0.05) is 13.8 Å². The lowest BCUT2D eigenvalue weighted by Gasteiger charge is -2.20. The van der Waals surface area contributed by atoms with Crippen LogP contribution in [0.5, 0.6) is 0 Å². The van der Waals surface area contributed by atoms with Crippen LogP contribution in [0.15, 0.2) is 0 Å². The Morgan fingerprint density at radius 2 is 2.14 bits per heavy atom. The van der Waals surface area contributed by atoms with Gasteiger partial charge in [0.25, 0.3) is 0 Å². The van der Waals surface area contributed by atoms with Crippen LogP contribution in [0.25, 0.3) is 0 Å². The summed E-state index contributed by atoms with van der Waals surface area (Å²) in [6.45, 7) is 4.67. The number of hydrogen-bond donors (Lipinski definition) is 1. The van der Waals surface area contributed by atoms with E-state index >= 15 is 0 Å². The summed E-state index contributed by atoms with van der Waals surface area (Å²) in [5, 5.41) is 3.44. The topological polar surface area (TPSA) is 12.0 Å². The summed E-state index contributed by atoms with van der Waals surface area (Å²) in [6.07, 6.45) is 5.71. The van der Waals surface area contributed by atoms with E-state index in [1.54, 1.807) is 0 Å². The molecule has 2 heteroatoms. The molecule has 0 aliphatic heterocycles. The maximum absolute atomic E-state index is 3.44. The highest BCUT2D eigenvalue weighted by Crippen LogP contribution is 2.34. The quantitative estimate of drug-likeness (QED) is 0.683. The van der Waals surface area contributed by atoms with Crippen molar-refractivity contribution in [3.8, 4) is 0 Å². The van der Waals surface area contributed by atoms with E-state index in [9.17, 15) is 0 Å². The zero-order valence-corrected chi connectivity index (χ0v) is 10.7. The molecule has 0 aromatic heterocycles. The minimum absolute atomic E-state index is 0.791. The molecule has 1 fully saturated rings. The van der Waals surface area contributed by atoms with E-state index in [4.69, 9.17) is 0 Å². The molecule has 1 aliphatic rings. The van der Waals surface area contributed by atoms with Crippen LogP contribution >= 0.6 is 11.8 Å². The largest absolute Gasteiger partial charge is 0.317 e. The maximum Gasteiger partial charge on any atom is 0.00924 e. The van der Waals surface area contributed by atoms with Crippen LogP contribution < -0.4 is 5.32 Å². The van der Waals surface area contributed by atoms with Gasteiger partial charge in [-0.25, -0.2) is 0 Å². The molecule has 3 unspecified atom stereocenters. The van der Waals surface area contributed by atoms with Crippen molar-refractivity contribution in [2.45, 2.75) is 45.6 Å². The van der Waals surface area contributed by atoms with E-state index in [0.717, 1.165) is 17.9 Å². The Morgan fingerprint density at radius 1 is 1.36 bits per heavy atom. The number of hydrogen-bond acceptors (Lipinski definition) is 2. The third kappa shape index (κ3) is 3.47. The predicted molar refractivity (Wildman–Crippen MR) is 67.0 cm³/mol. The Bertz CT molecular complexity index is 149. The van der Waals surface area contributed by atoms with Crippen LogP contribution in [-0.2, 0) is 0 Å². The first-order valence-electron chi connectivity index (χ1n) is 6.04. The SMILES string of the molecule is CCSCCCC1CCC(NC)C1C. The van der Waals surface area contributed by atoms with Gasteiger partial charge in [0.15, 0.2) is 0 Å². The fourth-order valence-electron chi connectivity index (χ4n) is 2.65. The van der Waals surface area contributed by atoms with Crippen molar-refractivity contribution in [3.63, 3.8) is 0 Å². The molecule has 0 aromatic carbocycles. The van der Waals surface area contributed by atoms with Gasteiger partial charge in [0.1, 0.15) is 0 Å². The fourth-order valence-corrected chi connectivity index (χ4v) is 3.31. The molecule has 1 nitrogen and oxygen atoms in total. The fraction of sp³-hybridized carbons (Fsp3) is 1.00. The third-order valence-corrected chi connectivity index (χ3v) is 4.65. The van der Waals surface area contributed by atoms with Crippen molar-refractivity contribution in [3.05, 3.63) is 0 Å². The predicted octanol–water partition coefficient (Wildman–Crippen LogP) is 3.15. The molecule has 0 aromatic rings.